The molecule has 0 aliphatic heterocycles. The molecule has 0 spiro atoms. The summed E-state index contributed by atoms with van der Waals surface area (Å²) in [6, 6.07) is 7.98. The van der Waals surface area contributed by atoms with E-state index in [2.05, 4.69) is 45.5 Å². The summed E-state index contributed by atoms with van der Waals surface area (Å²) in [7, 11) is 0. The van der Waals surface area contributed by atoms with Crippen LogP contribution in [0.4, 0.5) is 5.69 Å². The number of ketones is 1. The fourth-order valence-electron chi connectivity index (χ4n) is 3.44. The SMILES string of the molecule is CC(=O)[C@@H](CC(C)C)[C@H](Cc1ccc2ncc(N)cc2c1)c1nn[nH]n1. The minimum absolute atomic E-state index is 0.125. The number of pyridine rings is 1. The second-order valence-electron chi connectivity index (χ2n) is 7.22. The summed E-state index contributed by atoms with van der Waals surface area (Å²) in [5, 5.41) is 15.5. The molecule has 3 rings (SSSR count). The van der Waals surface area contributed by atoms with Gasteiger partial charge in [-0.25, -0.2) is 0 Å². The van der Waals surface area contributed by atoms with Crippen LogP contribution in [0, 0.1) is 11.8 Å². The van der Waals surface area contributed by atoms with Gasteiger partial charge in [-0.05, 0) is 49.4 Å². The Labute approximate surface area is 152 Å². The summed E-state index contributed by atoms with van der Waals surface area (Å²) in [6.45, 7) is 5.88. The zero-order valence-electron chi connectivity index (χ0n) is 15.3. The molecule has 0 unspecified atom stereocenters. The molecule has 0 fully saturated rings. The number of nitrogens with one attached hydrogen (secondary N) is 1. The van der Waals surface area contributed by atoms with Gasteiger partial charge in [-0.15, -0.1) is 10.2 Å². The minimum Gasteiger partial charge on any atom is -0.397 e. The van der Waals surface area contributed by atoms with E-state index in [4.69, 9.17) is 5.73 Å². The highest BCUT2D eigenvalue weighted by molar-refractivity contribution is 5.82. The van der Waals surface area contributed by atoms with Crippen LogP contribution in [0.2, 0.25) is 0 Å². The van der Waals surface area contributed by atoms with Gasteiger partial charge in [0.25, 0.3) is 0 Å². The van der Waals surface area contributed by atoms with Crippen LogP contribution in [0.3, 0.4) is 0 Å². The Morgan fingerprint density at radius 1 is 1.27 bits per heavy atom. The average Bonchev–Trinajstić information content (AvgIpc) is 3.11. The number of nitrogen functional groups attached to an aromatic ring is 1. The van der Waals surface area contributed by atoms with Crippen molar-refractivity contribution in [3.63, 3.8) is 0 Å². The number of anilines is 1. The molecule has 0 radical (unpaired) electrons. The molecule has 0 bridgehead atoms. The van der Waals surface area contributed by atoms with E-state index in [1.807, 2.05) is 18.2 Å². The first-order chi connectivity index (χ1) is 12.4. The molecule has 7 heteroatoms. The van der Waals surface area contributed by atoms with Gasteiger partial charge in [-0.2, -0.15) is 5.21 Å². The molecular formula is C19H24N6O. The van der Waals surface area contributed by atoms with Crippen molar-refractivity contribution < 1.29 is 4.79 Å². The van der Waals surface area contributed by atoms with Crippen molar-refractivity contribution in [3.8, 4) is 0 Å². The summed E-state index contributed by atoms with van der Waals surface area (Å²) in [5.41, 5.74) is 8.47. The lowest BCUT2D eigenvalue weighted by Gasteiger charge is -2.24. The highest BCUT2D eigenvalue weighted by atomic mass is 16.1. The number of rotatable bonds is 7. The Hall–Kier alpha value is -2.83. The highest BCUT2D eigenvalue weighted by Gasteiger charge is 2.31. The Bertz CT molecular complexity index is 890. The van der Waals surface area contributed by atoms with Crippen LogP contribution in [0.15, 0.2) is 30.5 Å². The number of hydrogen-bond acceptors (Lipinski definition) is 6. The number of nitrogens with two attached hydrogens (primary N) is 1. The van der Waals surface area contributed by atoms with Gasteiger partial charge < -0.3 is 5.73 Å². The second kappa shape index (κ2) is 7.59. The molecule has 2 aromatic heterocycles. The smallest absolute Gasteiger partial charge is 0.178 e. The molecule has 0 saturated carbocycles. The highest BCUT2D eigenvalue weighted by Crippen LogP contribution is 2.32. The fraction of sp³-hybridized carbons (Fsp3) is 0.421. The molecular weight excluding hydrogens is 328 g/mol. The summed E-state index contributed by atoms with van der Waals surface area (Å²) in [6.07, 6.45) is 3.09. The first kappa shape index (κ1) is 18.0. The van der Waals surface area contributed by atoms with Crippen molar-refractivity contribution in [2.45, 2.75) is 39.5 Å². The molecule has 2 atom stereocenters. The van der Waals surface area contributed by atoms with Crippen LogP contribution < -0.4 is 5.73 Å². The van der Waals surface area contributed by atoms with Crippen LogP contribution in [0.5, 0.6) is 0 Å². The van der Waals surface area contributed by atoms with Gasteiger partial charge in [0.1, 0.15) is 5.78 Å². The van der Waals surface area contributed by atoms with Crippen molar-refractivity contribution in [1.82, 2.24) is 25.6 Å². The zero-order chi connectivity index (χ0) is 18.7. The molecule has 26 heavy (non-hydrogen) atoms. The molecule has 0 saturated heterocycles. The van der Waals surface area contributed by atoms with Gasteiger partial charge in [-0.1, -0.05) is 25.1 Å². The molecule has 2 heterocycles. The van der Waals surface area contributed by atoms with Crippen molar-refractivity contribution >= 4 is 22.4 Å². The molecule has 3 aromatic rings. The van der Waals surface area contributed by atoms with Gasteiger partial charge in [0.05, 0.1) is 17.4 Å². The molecule has 1 aromatic carbocycles. The van der Waals surface area contributed by atoms with Gasteiger partial charge in [0.2, 0.25) is 0 Å². The number of nitrogens with zero attached hydrogens (tertiary/aromatic N) is 4. The maximum atomic E-state index is 12.4. The number of fused-ring (bicyclic) bond motifs is 1. The van der Waals surface area contributed by atoms with Crippen LogP contribution in [0.1, 0.15) is 44.5 Å². The van der Waals surface area contributed by atoms with E-state index >= 15 is 0 Å². The largest absolute Gasteiger partial charge is 0.397 e. The van der Waals surface area contributed by atoms with E-state index in [-0.39, 0.29) is 17.6 Å². The normalized spacial score (nSPS) is 13.8. The van der Waals surface area contributed by atoms with Crippen molar-refractivity contribution in [2.75, 3.05) is 5.73 Å². The third-order valence-electron chi connectivity index (χ3n) is 4.65. The molecule has 0 aliphatic carbocycles. The lowest BCUT2D eigenvalue weighted by atomic mass is 9.79. The van der Waals surface area contributed by atoms with E-state index < -0.39 is 0 Å². The van der Waals surface area contributed by atoms with E-state index in [1.165, 1.54) is 0 Å². The van der Waals surface area contributed by atoms with E-state index in [0.717, 1.165) is 22.9 Å². The van der Waals surface area contributed by atoms with Gasteiger partial charge in [0.15, 0.2) is 5.82 Å². The summed E-state index contributed by atoms with van der Waals surface area (Å²) in [5.74, 6) is 0.859. The third-order valence-corrected chi connectivity index (χ3v) is 4.65. The minimum atomic E-state index is -0.151. The lowest BCUT2D eigenvalue weighted by Crippen LogP contribution is -2.25. The number of benzene rings is 1. The predicted octanol–water partition coefficient (Wildman–Crippen LogP) is 2.91. The molecule has 0 aliphatic rings. The number of Topliss-reactive ketones (excluding diaryl/α,β-unsaturated/α-hetero) is 1. The van der Waals surface area contributed by atoms with Gasteiger partial charge in [0, 0.05) is 17.2 Å². The summed E-state index contributed by atoms with van der Waals surface area (Å²) >= 11 is 0. The topological polar surface area (TPSA) is 110 Å². The van der Waals surface area contributed by atoms with Crippen molar-refractivity contribution in [1.29, 1.82) is 0 Å². The number of H-pyrrole nitrogens is 1. The number of tetrazole rings is 1. The van der Waals surface area contributed by atoms with Crippen LogP contribution >= 0.6 is 0 Å². The number of carbonyl (C=O) groups excluding carboxylic acids is 1. The monoisotopic (exact) mass is 352 g/mol. The Morgan fingerprint density at radius 3 is 2.73 bits per heavy atom. The Balaban J connectivity index is 1.96. The standard InChI is InChI=1S/C19H24N6O/c1-11(2)6-16(12(3)26)17(19-22-24-25-23-19)8-13-4-5-18-14(7-13)9-15(20)10-21-18/h4-5,7,9-11,16-17H,6,8,20H2,1-3H3,(H,22,23,24,25)/t16-,17+/m1/s1. The Morgan fingerprint density at radius 2 is 2.08 bits per heavy atom. The summed E-state index contributed by atoms with van der Waals surface area (Å²) < 4.78 is 0. The maximum absolute atomic E-state index is 12.4. The lowest BCUT2D eigenvalue weighted by molar-refractivity contribution is -0.122. The molecule has 3 N–H and O–H groups in total. The van der Waals surface area contributed by atoms with E-state index in [9.17, 15) is 4.79 Å². The van der Waals surface area contributed by atoms with Gasteiger partial charge in [-0.3, -0.25) is 9.78 Å². The van der Waals surface area contributed by atoms with E-state index in [1.54, 1.807) is 13.1 Å². The molecule has 7 nitrogen and oxygen atoms in total. The van der Waals surface area contributed by atoms with Crippen LogP contribution in [0.25, 0.3) is 10.9 Å². The van der Waals surface area contributed by atoms with E-state index in [0.29, 0.717) is 23.9 Å². The van der Waals surface area contributed by atoms with Gasteiger partial charge >= 0.3 is 0 Å². The average molecular weight is 352 g/mol. The maximum Gasteiger partial charge on any atom is 0.178 e. The second-order valence-corrected chi connectivity index (χ2v) is 7.22. The first-order valence-electron chi connectivity index (χ1n) is 8.82. The predicted molar refractivity (Wildman–Crippen MR) is 100 cm³/mol. The summed E-state index contributed by atoms with van der Waals surface area (Å²) in [4.78, 5) is 16.7. The van der Waals surface area contributed by atoms with Crippen molar-refractivity contribution in [2.24, 2.45) is 11.8 Å². The number of hydrogen-bond donors (Lipinski definition) is 2. The van der Waals surface area contributed by atoms with Crippen LogP contribution in [-0.4, -0.2) is 31.4 Å². The zero-order valence-corrected chi connectivity index (χ0v) is 15.3. The Kier molecular flexibility index (Phi) is 5.25. The third kappa shape index (κ3) is 4.04. The fourth-order valence-corrected chi connectivity index (χ4v) is 3.44. The van der Waals surface area contributed by atoms with Crippen molar-refractivity contribution in [3.05, 3.63) is 41.9 Å². The number of carbonyl (C=O) groups is 1. The quantitative estimate of drug-likeness (QED) is 0.676. The molecule has 0 amide bonds. The number of aromatic nitrogens is 5. The van der Waals surface area contributed by atoms with Crippen LogP contribution in [-0.2, 0) is 11.2 Å². The first-order valence-corrected chi connectivity index (χ1v) is 8.82. The number of aromatic amines is 1. The molecule has 136 valence electrons.